The molecule has 0 fully saturated rings. The third-order valence-corrected chi connectivity index (χ3v) is 3.51. The molecule has 0 bridgehead atoms. The molecule has 114 valence electrons. The lowest BCUT2D eigenvalue weighted by molar-refractivity contribution is 0.413. The van der Waals surface area contributed by atoms with Crippen LogP contribution in [0.5, 0.6) is 5.75 Å². The third kappa shape index (κ3) is 3.85. The first-order valence-corrected chi connectivity index (χ1v) is 7.69. The van der Waals surface area contributed by atoms with Gasteiger partial charge in [0.1, 0.15) is 5.75 Å². The van der Waals surface area contributed by atoms with Crippen LogP contribution in [0.1, 0.15) is 44.0 Å². The van der Waals surface area contributed by atoms with Crippen LogP contribution in [0, 0.1) is 0 Å². The van der Waals surface area contributed by atoms with Gasteiger partial charge >= 0.3 is 0 Å². The van der Waals surface area contributed by atoms with Crippen LogP contribution < -0.4 is 10.1 Å². The molecule has 2 rings (SSSR count). The molecule has 0 aliphatic carbocycles. The van der Waals surface area contributed by atoms with Crippen molar-refractivity contribution in [3.05, 3.63) is 47.8 Å². The standard InChI is InChI=1S/C17H25N3O/c1-4-10-18-17(14-7-6-8-15(13-14)21-3)16-9-11-19-20(16)12-5-2/h6-9,11,13,17-18H,4-5,10,12H2,1-3H3. The van der Waals surface area contributed by atoms with Crippen molar-refractivity contribution in [1.82, 2.24) is 15.1 Å². The van der Waals surface area contributed by atoms with Gasteiger partial charge in [0.05, 0.1) is 18.8 Å². The molecule has 1 heterocycles. The highest BCUT2D eigenvalue weighted by Gasteiger charge is 2.18. The fraction of sp³-hybridized carbons (Fsp3) is 0.471. The van der Waals surface area contributed by atoms with E-state index in [1.807, 2.05) is 18.3 Å². The largest absolute Gasteiger partial charge is 0.497 e. The Hall–Kier alpha value is -1.81. The van der Waals surface area contributed by atoms with Crippen molar-refractivity contribution in [2.24, 2.45) is 0 Å². The number of aryl methyl sites for hydroxylation is 1. The molecular weight excluding hydrogens is 262 g/mol. The van der Waals surface area contributed by atoms with Crippen LogP contribution in [0.25, 0.3) is 0 Å². The number of nitrogens with zero attached hydrogens (tertiary/aromatic N) is 2. The molecule has 2 aromatic rings. The van der Waals surface area contributed by atoms with Gasteiger partial charge < -0.3 is 10.1 Å². The Labute approximate surface area is 127 Å². The monoisotopic (exact) mass is 287 g/mol. The fourth-order valence-corrected chi connectivity index (χ4v) is 2.49. The highest BCUT2D eigenvalue weighted by Crippen LogP contribution is 2.25. The molecular formula is C17H25N3O. The van der Waals surface area contributed by atoms with Crippen LogP contribution in [0.4, 0.5) is 0 Å². The van der Waals surface area contributed by atoms with E-state index in [0.29, 0.717) is 0 Å². The molecule has 0 radical (unpaired) electrons. The maximum Gasteiger partial charge on any atom is 0.119 e. The van der Waals surface area contributed by atoms with Crippen molar-refractivity contribution in [1.29, 1.82) is 0 Å². The zero-order valence-electron chi connectivity index (χ0n) is 13.2. The molecule has 0 aliphatic rings. The predicted molar refractivity (Wildman–Crippen MR) is 85.6 cm³/mol. The lowest BCUT2D eigenvalue weighted by Gasteiger charge is -2.21. The van der Waals surface area contributed by atoms with Gasteiger partial charge in [0.15, 0.2) is 0 Å². The summed E-state index contributed by atoms with van der Waals surface area (Å²) < 4.78 is 7.44. The number of hydrogen-bond donors (Lipinski definition) is 1. The molecule has 4 heteroatoms. The summed E-state index contributed by atoms with van der Waals surface area (Å²) in [6.07, 6.45) is 4.06. The van der Waals surface area contributed by atoms with Crippen LogP contribution in [0.15, 0.2) is 36.5 Å². The van der Waals surface area contributed by atoms with Gasteiger partial charge in [-0.3, -0.25) is 4.68 Å². The van der Waals surface area contributed by atoms with Gasteiger partial charge in [-0.1, -0.05) is 26.0 Å². The van der Waals surface area contributed by atoms with E-state index in [1.54, 1.807) is 7.11 Å². The van der Waals surface area contributed by atoms with E-state index in [1.165, 1.54) is 11.3 Å². The molecule has 21 heavy (non-hydrogen) atoms. The quantitative estimate of drug-likeness (QED) is 0.809. The Kier molecular flexibility index (Phi) is 5.81. The van der Waals surface area contributed by atoms with Crippen molar-refractivity contribution in [3.63, 3.8) is 0 Å². The SMILES string of the molecule is CCCNC(c1cccc(OC)c1)c1ccnn1CCC. The van der Waals surface area contributed by atoms with Crippen LogP contribution in [-0.4, -0.2) is 23.4 Å². The van der Waals surface area contributed by atoms with Crippen molar-refractivity contribution in [3.8, 4) is 5.75 Å². The van der Waals surface area contributed by atoms with Crippen molar-refractivity contribution in [2.75, 3.05) is 13.7 Å². The van der Waals surface area contributed by atoms with Gasteiger partial charge in [-0.05, 0) is 43.1 Å². The highest BCUT2D eigenvalue weighted by molar-refractivity contribution is 5.34. The lowest BCUT2D eigenvalue weighted by Crippen LogP contribution is -2.26. The molecule has 1 N–H and O–H groups in total. The van der Waals surface area contributed by atoms with Crippen LogP contribution >= 0.6 is 0 Å². The number of aromatic nitrogens is 2. The highest BCUT2D eigenvalue weighted by atomic mass is 16.5. The average molecular weight is 287 g/mol. The fourth-order valence-electron chi connectivity index (χ4n) is 2.49. The molecule has 0 saturated carbocycles. The summed E-state index contributed by atoms with van der Waals surface area (Å²) in [7, 11) is 1.70. The second-order valence-electron chi connectivity index (χ2n) is 5.14. The second kappa shape index (κ2) is 7.84. The minimum atomic E-state index is 0.147. The van der Waals surface area contributed by atoms with Crippen LogP contribution in [0.2, 0.25) is 0 Å². The van der Waals surface area contributed by atoms with Gasteiger partial charge in [-0.25, -0.2) is 0 Å². The Morgan fingerprint density at radius 1 is 1.24 bits per heavy atom. The van der Waals surface area contributed by atoms with Crippen molar-refractivity contribution >= 4 is 0 Å². The molecule has 0 amide bonds. The topological polar surface area (TPSA) is 39.1 Å². The first kappa shape index (κ1) is 15.6. The summed E-state index contributed by atoms with van der Waals surface area (Å²) >= 11 is 0. The summed E-state index contributed by atoms with van der Waals surface area (Å²) in [6, 6.07) is 10.5. The molecule has 1 aromatic heterocycles. The molecule has 0 spiro atoms. The van der Waals surface area contributed by atoms with E-state index >= 15 is 0 Å². The molecule has 0 aliphatic heterocycles. The maximum absolute atomic E-state index is 5.35. The van der Waals surface area contributed by atoms with Crippen molar-refractivity contribution < 1.29 is 4.74 Å². The molecule has 4 nitrogen and oxygen atoms in total. The van der Waals surface area contributed by atoms with Crippen molar-refractivity contribution in [2.45, 2.75) is 39.3 Å². The smallest absolute Gasteiger partial charge is 0.119 e. The lowest BCUT2D eigenvalue weighted by atomic mass is 10.0. The molecule has 1 aromatic carbocycles. The minimum absolute atomic E-state index is 0.147. The van der Waals surface area contributed by atoms with Gasteiger partial charge in [0.2, 0.25) is 0 Å². The van der Waals surface area contributed by atoms with E-state index in [-0.39, 0.29) is 6.04 Å². The number of nitrogens with one attached hydrogen (secondary N) is 1. The molecule has 1 atom stereocenters. The molecule has 1 unspecified atom stereocenters. The Morgan fingerprint density at radius 3 is 2.81 bits per heavy atom. The normalized spacial score (nSPS) is 12.3. The zero-order chi connectivity index (χ0) is 15.1. The van der Waals surface area contributed by atoms with Gasteiger partial charge in [-0.2, -0.15) is 5.10 Å². The number of ether oxygens (including phenoxy) is 1. The first-order valence-electron chi connectivity index (χ1n) is 7.69. The van der Waals surface area contributed by atoms with E-state index in [2.05, 4.69) is 47.1 Å². The second-order valence-corrected chi connectivity index (χ2v) is 5.14. The van der Waals surface area contributed by atoms with E-state index in [9.17, 15) is 0 Å². The first-order chi connectivity index (χ1) is 10.3. The van der Waals surface area contributed by atoms with E-state index in [0.717, 1.165) is 31.7 Å². The van der Waals surface area contributed by atoms with Crippen LogP contribution in [0.3, 0.4) is 0 Å². The van der Waals surface area contributed by atoms with Gasteiger partial charge in [0.25, 0.3) is 0 Å². The average Bonchev–Trinajstić information content (AvgIpc) is 2.97. The number of hydrogen-bond acceptors (Lipinski definition) is 3. The van der Waals surface area contributed by atoms with E-state index in [4.69, 9.17) is 4.74 Å². The number of methoxy groups -OCH3 is 1. The summed E-state index contributed by atoms with van der Waals surface area (Å²) in [4.78, 5) is 0. The van der Waals surface area contributed by atoms with Gasteiger partial charge in [-0.15, -0.1) is 0 Å². The summed E-state index contributed by atoms with van der Waals surface area (Å²) in [5, 5.41) is 8.07. The van der Waals surface area contributed by atoms with E-state index < -0.39 is 0 Å². The summed E-state index contributed by atoms with van der Waals surface area (Å²) in [5.74, 6) is 0.886. The minimum Gasteiger partial charge on any atom is -0.497 e. The predicted octanol–water partition coefficient (Wildman–Crippen LogP) is 3.39. The third-order valence-electron chi connectivity index (χ3n) is 3.51. The summed E-state index contributed by atoms with van der Waals surface area (Å²) in [5.41, 5.74) is 2.42. The Balaban J connectivity index is 2.34. The Bertz CT molecular complexity index is 550. The maximum atomic E-state index is 5.35. The Morgan fingerprint density at radius 2 is 2.10 bits per heavy atom. The molecule has 0 saturated heterocycles. The number of rotatable bonds is 8. The summed E-state index contributed by atoms with van der Waals surface area (Å²) in [6.45, 7) is 6.26. The van der Waals surface area contributed by atoms with Gasteiger partial charge in [0, 0.05) is 12.7 Å². The number of benzene rings is 1. The zero-order valence-corrected chi connectivity index (χ0v) is 13.2. The van der Waals surface area contributed by atoms with Crippen LogP contribution in [-0.2, 0) is 6.54 Å².